The van der Waals surface area contributed by atoms with Crippen LogP contribution in [-0.4, -0.2) is 53.8 Å². The summed E-state index contributed by atoms with van der Waals surface area (Å²) in [7, 11) is 0. The van der Waals surface area contributed by atoms with Crippen molar-refractivity contribution < 1.29 is 4.79 Å². The lowest BCUT2D eigenvalue weighted by molar-refractivity contribution is 0.0166. The molecule has 3 rings (SSSR count). The zero-order chi connectivity index (χ0) is 15.0. The van der Waals surface area contributed by atoms with Gasteiger partial charge in [-0.2, -0.15) is 0 Å². The number of halogens is 2. The number of piperazine rings is 1. The molecule has 21 heavy (non-hydrogen) atoms. The quantitative estimate of drug-likeness (QED) is 0.670. The second kappa shape index (κ2) is 6.79. The van der Waals surface area contributed by atoms with E-state index in [9.17, 15) is 4.79 Å². The Hall–Kier alpha value is 0.250. The summed E-state index contributed by atoms with van der Waals surface area (Å²) < 4.78 is 1.94. The zero-order valence-electron chi connectivity index (χ0n) is 12.1. The summed E-state index contributed by atoms with van der Waals surface area (Å²) in [4.78, 5) is 17.5. The second-order valence-corrected chi connectivity index (χ2v) is 9.83. The Morgan fingerprint density at radius 3 is 2.90 bits per heavy atom. The molecule has 0 bridgehead atoms. The van der Waals surface area contributed by atoms with Crippen LogP contribution >= 0.6 is 43.2 Å². The molecule has 2 saturated heterocycles. The van der Waals surface area contributed by atoms with E-state index in [1.54, 1.807) is 11.3 Å². The van der Waals surface area contributed by atoms with Gasteiger partial charge >= 0.3 is 0 Å². The normalized spacial score (nSPS) is 27.6. The summed E-state index contributed by atoms with van der Waals surface area (Å²) in [5.41, 5.74) is 0.810. The molecule has 2 aliphatic heterocycles. The van der Waals surface area contributed by atoms with Crippen molar-refractivity contribution in [2.75, 3.05) is 26.2 Å². The number of carbonyl (C=O) groups is 1. The first-order chi connectivity index (χ1) is 10.0. The Labute approximate surface area is 146 Å². The molecule has 6 heteroatoms. The van der Waals surface area contributed by atoms with E-state index in [-0.39, 0.29) is 5.78 Å². The van der Waals surface area contributed by atoms with E-state index in [1.807, 2.05) is 6.07 Å². The van der Waals surface area contributed by atoms with Crippen LogP contribution in [0.25, 0.3) is 0 Å². The van der Waals surface area contributed by atoms with Crippen molar-refractivity contribution in [1.29, 1.82) is 0 Å². The fraction of sp³-hybridized carbons (Fsp3) is 0.667. The van der Waals surface area contributed by atoms with Crippen molar-refractivity contribution in [2.24, 2.45) is 0 Å². The molecule has 0 radical (unpaired) electrons. The van der Waals surface area contributed by atoms with Gasteiger partial charge in [0, 0.05) is 30.7 Å². The molecule has 0 spiro atoms. The monoisotopic (exact) mass is 434 g/mol. The van der Waals surface area contributed by atoms with Gasteiger partial charge < -0.3 is 0 Å². The molecular weight excluding hydrogens is 416 g/mol. The number of piperidine rings is 1. The minimum atomic E-state index is 0.222. The van der Waals surface area contributed by atoms with Gasteiger partial charge in [0.15, 0.2) is 5.78 Å². The summed E-state index contributed by atoms with van der Waals surface area (Å²) in [6.07, 6.45) is 3.95. The third-order valence-corrected chi connectivity index (χ3v) is 6.96. The zero-order valence-corrected chi connectivity index (χ0v) is 16.1. The van der Waals surface area contributed by atoms with E-state index in [4.69, 9.17) is 0 Å². The molecule has 0 aliphatic carbocycles. The number of nitrogens with zero attached hydrogens (tertiary/aromatic N) is 2. The largest absolute Gasteiger partial charge is 0.298 e. The average Bonchev–Trinajstić information content (AvgIpc) is 2.78. The third kappa shape index (κ3) is 3.61. The molecule has 2 aliphatic rings. The number of fused-ring (bicyclic) bond motifs is 1. The molecule has 3 heterocycles. The number of thiophene rings is 1. The van der Waals surface area contributed by atoms with Crippen LogP contribution in [0, 0.1) is 0 Å². The molecule has 1 aromatic heterocycles. The second-order valence-electron chi connectivity index (χ2n) is 6.08. The summed E-state index contributed by atoms with van der Waals surface area (Å²) >= 11 is 8.51. The lowest BCUT2D eigenvalue weighted by Gasteiger charge is -2.47. The molecule has 2 atom stereocenters. The minimum absolute atomic E-state index is 0.222. The highest BCUT2D eigenvalue weighted by molar-refractivity contribution is 9.12. The van der Waals surface area contributed by atoms with Gasteiger partial charge in [0.25, 0.3) is 0 Å². The predicted molar refractivity (Wildman–Crippen MR) is 94.3 cm³/mol. The number of rotatable bonds is 3. The first kappa shape index (κ1) is 16.1. The highest BCUT2D eigenvalue weighted by Gasteiger charge is 2.33. The van der Waals surface area contributed by atoms with Gasteiger partial charge in [-0.3, -0.25) is 14.6 Å². The molecule has 0 aromatic carbocycles. The summed E-state index contributed by atoms with van der Waals surface area (Å²) in [6, 6.07) is 3.04. The summed E-state index contributed by atoms with van der Waals surface area (Å²) in [5, 5.41) is 0. The molecule has 2 unspecified atom stereocenters. The smallest absolute Gasteiger partial charge is 0.178 e. The van der Waals surface area contributed by atoms with Crippen molar-refractivity contribution in [1.82, 2.24) is 9.80 Å². The highest BCUT2D eigenvalue weighted by Crippen LogP contribution is 2.32. The lowest BCUT2D eigenvalue weighted by atomic mass is 9.97. The SMILES string of the molecule is CC1CN2CCCCC2CN1CC(=O)c1cc(Br)sc1Br. The Bertz CT molecular complexity index is 534. The molecule has 3 nitrogen and oxygen atoms in total. The van der Waals surface area contributed by atoms with Crippen LogP contribution in [0.4, 0.5) is 0 Å². The number of hydrogen-bond donors (Lipinski definition) is 0. The van der Waals surface area contributed by atoms with E-state index in [0.29, 0.717) is 18.6 Å². The van der Waals surface area contributed by atoms with Gasteiger partial charge in [-0.1, -0.05) is 6.42 Å². The molecule has 0 saturated carbocycles. The summed E-state index contributed by atoms with van der Waals surface area (Å²) in [6.45, 7) is 6.16. The number of hydrogen-bond acceptors (Lipinski definition) is 4. The van der Waals surface area contributed by atoms with Crippen LogP contribution in [0.3, 0.4) is 0 Å². The van der Waals surface area contributed by atoms with Gasteiger partial charge in [-0.05, 0) is 64.2 Å². The van der Waals surface area contributed by atoms with Gasteiger partial charge in [0.1, 0.15) is 0 Å². The van der Waals surface area contributed by atoms with E-state index in [1.165, 1.54) is 25.8 Å². The maximum absolute atomic E-state index is 12.6. The fourth-order valence-electron chi connectivity index (χ4n) is 3.43. The van der Waals surface area contributed by atoms with Crippen molar-refractivity contribution in [3.05, 3.63) is 19.2 Å². The molecule has 0 amide bonds. The molecule has 2 fully saturated rings. The Morgan fingerprint density at radius 2 is 2.19 bits per heavy atom. The van der Waals surface area contributed by atoms with Crippen LogP contribution < -0.4 is 0 Å². The standard InChI is InChI=1S/C15H20Br2N2OS/c1-10-7-18-5-3-2-4-11(18)8-19(10)9-13(20)12-6-14(16)21-15(12)17/h6,10-11H,2-5,7-9H2,1H3. The Balaban J connectivity index is 1.66. The van der Waals surface area contributed by atoms with Crippen LogP contribution in [0.2, 0.25) is 0 Å². The third-order valence-electron chi connectivity index (χ3n) is 4.62. The van der Waals surface area contributed by atoms with Crippen molar-refractivity contribution >= 4 is 49.0 Å². The maximum atomic E-state index is 12.6. The highest BCUT2D eigenvalue weighted by atomic mass is 79.9. The molecule has 116 valence electrons. The van der Waals surface area contributed by atoms with E-state index < -0.39 is 0 Å². The van der Waals surface area contributed by atoms with Crippen molar-refractivity contribution in [2.45, 2.75) is 38.3 Å². The first-order valence-electron chi connectivity index (χ1n) is 7.50. The first-order valence-corrected chi connectivity index (χ1v) is 9.91. The lowest BCUT2D eigenvalue weighted by Crippen LogP contribution is -2.59. The Morgan fingerprint density at radius 1 is 1.38 bits per heavy atom. The summed E-state index contributed by atoms with van der Waals surface area (Å²) in [5.74, 6) is 0.222. The van der Waals surface area contributed by atoms with Crippen LogP contribution in [0.1, 0.15) is 36.5 Å². The topological polar surface area (TPSA) is 23.6 Å². The minimum Gasteiger partial charge on any atom is -0.298 e. The van der Waals surface area contributed by atoms with Gasteiger partial charge in [0.2, 0.25) is 0 Å². The number of Topliss-reactive ketones (excluding diaryl/α,β-unsaturated/α-hetero) is 1. The fourth-order valence-corrected chi connectivity index (χ4v) is 6.29. The van der Waals surface area contributed by atoms with E-state index in [0.717, 1.165) is 26.2 Å². The van der Waals surface area contributed by atoms with E-state index >= 15 is 0 Å². The van der Waals surface area contributed by atoms with Crippen molar-refractivity contribution in [3.63, 3.8) is 0 Å². The van der Waals surface area contributed by atoms with Gasteiger partial charge in [-0.15, -0.1) is 11.3 Å². The average molecular weight is 436 g/mol. The molecular formula is C15H20Br2N2OS. The van der Waals surface area contributed by atoms with Gasteiger partial charge in [0.05, 0.1) is 14.1 Å². The Kier molecular flexibility index (Phi) is 5.21. The van der Waals surface area contributed by atoms with Crippen LogP contribution in [0.15, 0.2) is 13.6 Å². The van der Waals surface area contributed by atoms with E-state index in [2.05, 4.69) is 48.6 Å². The van der Waals surface area contributed by atoms with Crippen LogP contribution in [0.5, 0.6) is 0 Å². The van der Waals surface area contributed by atoms with Crippen LogP contribution in [-0.2, 0) is 0 Å². The number of carbonyl (C=O) groups excluding carboxylic acids is 1. The molecule has 0 N–H and O–H groups in total. The predicted octanol–water partition coefficient (Wildman–Crippen LogP) is 4.01. The number of ketones is 1. The molecule has 1 aromatic rings. The van der Waals surface area contributed by atoms with Gasteiger partial charge in [-0.25, -0.2) is 0 Å². The van der Waals surface area contributed by atoms with Crippen molar-refractivity contribution in [3.8, 4) is 0 Å². The maximum Gasteiger partial charge on any atom is 0.178 e.